The molecule has 0 saturated carbocycles. The van der Waals surface area contributed by atoms with Crippen molar-refractivity contribution >= 4 is 0 Å². The molecule has 0 spiro atoms. The molecule has 1 aliphatic rings. The van der Waals surface area contributed by atoms with Crippen molar-refractivity contribution in [1.82, 2.24) is 0 Å². The van der Waals surface area contributed by atoms with Crippen molar-refractivity contribution in [3.8, 4) is 23.7 Å². The number of rotatable bonds is 6. The Hall–Kier alpha value is -1.42. The van der Waals surface area contributed by atoms with Crippen LogP contribution in [0.1, 0.15) is 12.8 Å². The van der Waals surface area contributed by atoms with Crippen LogP contribution >= 0.6 is 0 Å². The van der Waals surface area contributed by atoms with E-state index >= 15 is 0 Å². The fourth-order valence-electron chi connectivity index (χ4n) is 1.84. The van der Waals surface area contributed by atoms with Crippen molar-refractivity contribution in [2.24, 2.45) is 0 Å². The molecular formula is C16H22O7. The van der Waals surface area contributed by atoms with Crippen LogP contribution in [0.25, 0.3) is 0 Å². The minimum Gasteiger partial charge on any atom is -0.394 e. The average molecular weight is 326 g/mol. The molecule has 7 heteroatoms. The van der Waals surface area contributed by atoms with Gasteiger partial charge in [0.15, 0.2) is 6.29 Å². The lowest BCUT2D eigenvalue weighted by molar-refractivity contribution is -0.301. The zero-order valence-electron chi connectivity index (χ0n) is 12.6. The third kappa shape index (κ3) is 6.30. The maximum absolute atomic E-state index is 9.75. The fraction of sp³-hybridized carbons (Fsp3) is 0.625. The lowest BCUT2D eigenvalue weighted by Crippen LogP contribution is -2.59. The molecule has 0 bridgehead atoms. The van der Waals surface area contributed by atoms with E-state index in [4.69, 9.17) is 19.7 Å². The summed E-state index contributed by atoms with van der Waals surface area (Å²) in [5.41, 5.74) is 0. The summed E-state index contributed by atoms with van der Waals surface area (Å²) in [7, 11) is 0. The van der Waals surface area contributed by atoms with Crippen LogP contribution in [-0.2, 0) is 9.47 Å². The summed E-state index contributed by atoms with van der Waals surface area (Å²) in [5, 5.41) is 47.1. The first kappa shape index (κ1) is 19.6. The van der Waals surface area contributed by atoms with E-state index in [1.54, 1.807) is 0 Å². The third-order valence-corrected chi connectivity index (χ3v) is 3.17. The third-order valence-electron chi connectivity index (χ3n) is 3.17. The molecule has 0 radical (unpaired) electrons. The first-order valence-electron chi connectivity index (χ1n) is 7.22. The molecule has 0 amide bonds. The first-order chi connectivity index (χ1) is 11.0. The van der Waals surface area contributed by atoms with Gasteiger partial charge in [-0.3, -0.25) is 0 Å². The van der Waals surface area contributed by atoms with Gasteiger partial charge in [0, 0.05) is 6.42 Å². The predicted octanol–water partition coefficient (Wildman–Crippen LogP) is -1.86. The SMILES string of the molecule is C=C[C@@H](O)C#CC#CCCCO[C@@H]1O[C@H](CO)[C@@H](O)[C@H](O)[C@H]1O. The maximum atomic E-state index is 9.75. The minimum atomic E-state index is -1.45. The Kier molecular flexibility index (Phi) is 8.85. The van der Waals surface area contributed by atoms with Gasteiger partial charge in [-0.2, -0.15) is 0 Å². The molecule has 0 unspecified atom stereocenters. The minimum absolute atomic E-state index is 0.208. The van der Waals surface area contributed by atoms with Gasteiger partial charge in [-0.1, -0.05) is 24.5 Å². The number of aliphatic hydroxyl groups is 5. The highest BCUT2D eigenvalue weighted by Gasteiger charge is 2.43. The van der Waals surface area contributed by atoms with Gasteiger partial charge in [0.05, 0.1) is 13.2 Å². The normalized spacial score (nSPS) is 31.3. The number of hydrogen-bond acceptors (Lipinski definition) is 7. The Morgan fingerprint density at radius 1 is 1.17 bits per heavy atom. The summed E-state index contributed by atoms with van der Waals surface area (Å²) in [6, 6.07) is 0. The molecular weight excluding hydrogens is 304 g/mol. The fourth-order valence-corrected chi connectivity index (χ4v) is 1.84. The average Bonchev–Trinajstić information content (AvgIpc) is 2.56. The molecule has 0 aliphatic carbocycles. The van der Waals surface area contributed by atoms with E-state index in [0.717, 1.165) is 0 Å². The Balaban J connectivity index is 2.31. The predicted molar refractivity (Wildman–Crippen MR) is 80.7 cm³/mol. The quantitative estimate of drug-likeness (QED) is 0.220. The van der Waals surface area contributed by atoms with Crippen LogP contribution in [0.5, 0.6) is 0 Å². The zero-order chi connectivity index (χ0) is 17.2. The summed E-state index contributed by atoms with van der Waals surface area (Å²) in [4.78, 5) is 0. The second-order valence-electron chi connectivity index (χ2n) is 4.92. The second-order valence-corrected chi connectivity index (χ2v) is 4.92. The summed E-state index contributed by atoms with van der Waals surface area (Å²) >= 11 is 0. The highest BCUT2D eigenvalue weighted by Crippen LogP contribution is 2.21. The van der Waals surface area contributed by atoms with Crippen LogP contribution in [0.4, 0.5) is 0 Å². The Morgan fingerprint density at radius 3 is 2.57 bits per heavy atom. The number of aliphatic hydroxyl groups excluding tert-OH is 5. The number of hydrogen-bond donors (Lipinski definition) is 5. The van der Waals surface area contributed by atoms with Crippen molar-refractivity contribution in [3.05, 3.63) is 12.7 Å². The van der Waals surface area contributed by atoms with Gasteiger partial charge in [-0.05, 0) is 18.3 Å². The molecule has 1 heterocycles. The van der Waals surface area contributed by atoms with Crippen molar-refractivity contribution in [3.63, 3.8) is 0 Å². The van der Waals surface area contributed by atoms with Crippen LogP contribution in [0.15, 0.2) is 12.7 Å². The Morgan fingerprint density at radius 2 is 1.91 bits per heavy atom. The first-order valence-corrected chi connectivity index (χ1v) is 7.22. The van der Waals surface area contributed by atoms with E-state index < -0.39 is 43.4 Å². The smallest absolute Gasteiger partial charge is 0.186 e. The second kappa shape index (κ2) is 10.4. The molecule has 0 aromatic carbocycles. The largest absolute Gasteiger partial charge is 0.394 e. The van der Waals surface area contributed by atoms with Crippen molar-refractivity contribution in [1.29, 1.82) is 0 Å². The standard InChI is InChI=1S/C16H22O7/c1-2-11(18)8-6-4-3-5-7-9-22-16-15(21)14(20)13(19)12(10-17)23-16/h2,11-21H,1,5,7,9-10H2/t11-,12-,13-,14+,15-,16-/m1/s1. The van der Waals surface area contributed by atoms with Gasteiger partial charge in [0.1, 0.15) is 30.5 Å². The van der Waals surface area contributed by atoms with Gasteiger partial charge in [-0.25, -0.2) is 0 Å². The van der Waals surface area contributed by atoms with E-state index in [9.17, 15) is 15.3 Å². The van der Waals surface area contributed by atoms with Crippen molar-refractivity contribution in [2.75, 3.05) is 13.2 Å². The number of ether oxygens (including phenoxy) is 2. The van der Waals surface area contributed by atoms with E-state index in [0.29, 0.717) is 12.8 Å². The van der Waals surface area contributed by atoms with Crippen molar-refractivity contribution in [2.45, 2.75) is 49.7 Å². The van der Waals surface area contributed by atoms with Crippen LogP contribution in [-0.4, -0.2) is 75.6 Å². The van der Waals surface area contributed by atoms with Gasteiger partial charge in [-0.15, -0.1) is 0 Å². The van der Waals surface area contributed by atoms with Gasteiger partial charge >= 0.3 is 0 Å². The Labute approximate surface area is 135 Å². The van der Waals surface area contributed by atoms with Gasteiger partial charge in [0.25, 0.3) is 0 Å². The summed E-state index contributed by atoms with van der Waals surface area (Å²) in [6.07, 6.45) is -4.93. The maximum Gasteiger partial charge on any atom is 0.186 e. The van der Waals surface area contributed by atoms with E-state index in [1.807, 2.05) is 0 Å². The molecule has 1 aliphatic heterocycles. The summed E-state index contributed by atoms with van der Waals surface area (Å²) in [5.74, 6) is 10.3. The zero-order valence-corrected chi connectivity index (χ0v) is 12.6. The van der Waals surface area contributed by atoms with Crippen LogP contribution < -0.4 is 0 Å². The molecule has 128 valence electrons. The van der Waals surface area contributed by atoms with E-state index in [-0.39, 0.29) is 6.61 Å². The van der Waals surface area contributed by atoms with Crippen LogP contribution in [0.2, 0.25) is 0 Å². The van der Waals surface area contributed by atoms with Crippen LogP contribution in [0, 0.1) is 23.7 Å². The molecule has 6 atom stereocenters. The van der Waals surface area contributed by atoms with Gasteiger partial charge < -0.3 is 35.0 Å². The molecule has 0 aromatic rings. The molecule has 23 heavy (non-hydrogen) atoms. The molecule has 0 aromatic heterocycles. The topological polar surface area (TPSA) is 120 Å². The molecule has 1 rings (SSSR count). The summed E-state index contributed by atoms with van der Waals surface area (Å²) in [6.45, 7) is 3.09. The lowest BCUT2D eigenvalue weighted by atomic mass is 9.99. The van der Waals surface area contributed by atoms with Crippen LogP contribution in [0.3, 0.4) is 0 Å². The van der Waals surface area contributed by atoms with Crippen molar-refractivity contribution < 1.29 is 35.0 Å². The Bertz CT molecular complexity index is 482. The highest BCUT2D eigenvalue weighted by atomic mass is 16.7. The molecule has 5 N–H and O–H groups in total. The summed E-state index contributed by atoms with van der Waals surface area (Å²) < 4.78 is 10.5. The monoisotopic (exact) mass is 326 g/mol. The highest BCUT2D eigenvalue weighted by molar-refractivity contribution is 5.28. The van der Waals surface area contributed by atoms with E-state index in [1.165, 1.54) is 6.08 Å². The van der Waals surface area contributed by atoms with E-state index in [2.05, 4.69) is 30.3 Å². The van der Waals surface area contributed by atoms with Gasteiger partial charge in [0.2, 0.25) is 0 Å². The molecule has 1 saturated heterocycles. The lowest BCUT2D eigenvalue weighted by Gasteiger charge is -2.39. The number of unbranched alkanes of at least 4 members (excludes halogenated alkanes) is 1. The molecule has 1 fully saturated rings. The molecule has 7 nitrogen and oxygen atoms in total.